The number of carbonyl (C=O) groups is 1. The number of anilines is 1. The summed E-state index contributed by atoms with van der Waals surface area (Å²) in [5.74, 6) is -0.521. The number of para-hydroxylation sites is 1. The van der Waals surface area contributed by atoms with E-state index in [2.05, 4.69) is 9.72 Å². The number of pyridine rings is 1. The minimum absolute atomic E-state index is 0.173. The van der Waals surface area contributed by atoms with Crippen LogP contribution in [0, 0.1) is 0 Å². The molecule has 8 heteroatoms. The average Bonchev–Trinajstić information content (AvgIpc) is 2.60. The minimum atomic E-state index is -1.18. The van der Waals surface area contributed by atoms with Gasteiger partial charge in [-0.1, -0.05) is 41.4 Å². The molecule has 0 aliphatic rings. The number of esters is 1. The Morgan fingerprint density at radius 1 is 1.29 bits per heavy atom. The maximum Gasteiger partial charge on any atom is 0.325 e. The van der Waals surface area contributed by atoms with Crippen LogP contribution in [0.1, 0.15) is 17.4 Å². The van der Waals surface area contributed by atoms with E-state index in [0.717, 1.165) is 0 Å². The molecule has 1 aromatic carbocycles. The van der Waals surface area contributed by atoms with Crippen LogP contribution < -0.4 is 4.90 Å². The van der Waals surface area contributed by atoms with Gasteiger partial charge in [0.25, 0.3) is 0 Å². The molecule has 6 nitrogen and oxygen atoms in total. The summed E-state index contributed by atoms with van der Waals surface area (Å²) in [4.78, 5) is 16.9. The molecule has 2 aromatic rings. The molecular weight excluding hydrogens is 355 g/mol. The van der Waals surface area contributed by atoms with E-state index in [0.29, 0.717) is 11.3 Å². The van der Waals surface area contributed by atoms with Crippen molar-refractivity contribution in [1.29, 1.82) is 0 Å². The Kier molecular flexibility index (Phi) is 6.39. The van der Waals surface area contributed by atoms with Gasteiger partial charge in [-0.15, -0.1) is 0 Å². The Labute approximate surface area is 149 Å². The third kappa shape index (κ3) is 4.15. The normalized spacial score (nSPS) is 11.9. The monoisotopic (exact) mass is 370 g/mol. The molecule has 0 radical (unpaired) electrons. The molecule has 0 spiro atoms. The average molecular weight is 371 g/mol. The van der Waals surface area contributed by atoms with Crippen LogP contribution in [0.25, 0.3) is 0 Å². The van der Waals surface area contributed by atoms with Crippen LogP contribution in [0.4, 0.5) is 5.69 Å². The van der Waals surface area contributed by atoms with Crippen molar-refractivity contribution in [1.82, 2.24) is 4.98 Å². The van der Waals surface area contributed by atoms with Gasteiger partial charge in [0.1, 0.15) is 24.5 Å². The van der Waals surface area contributed by atoms with Crippen molar-refractivity contribution in [3.63, 3.8) is 0 Å². The third-order valence-electron chi connectivity index (χ3n) is 3.39. The summed E-state index contributed by atoms with van der Waals surface area (Å²) in [7, 11) is 1.26. The van der Waals surface area contributed by atoms with Gasteiger partial charge in [-0.3, -0.25) is 4.79 Å². The number of nitrogens with zero attached hydrogens (tertiary/aromatic N) is 2. The summed E-state index contributed by atoms with van der Waals surface area (Å²) in [5, 5.41) is 20.7. The second kappa shape index (κ2) is 8.30. The molecule has 0 saturated carbocycles. The second-order valence-electron chi connectivity index (χ2n) is 4.88. The van der Waals surface area contributed by atoms with E-state index in [1.54, 1.807) is 24.3 Å². The van der Waals surface area contributed by atoms with Crippen LogP contribution in [0.15, 0.2) is 36.4 Å². The smallest absolute Gasteiger partial charge is 0.325 e. The second-order valence-corrected chi connectivity index (χ2v) is 5.67. The van der Waals surface area contributed by atoms with Gasteiger partial charge in [0, 0.05) is 11.3 Å². The van der Waals surface area contributed by atoms with Crippen molar-refractivity contribution in [2.24, 2.45) is 0 Å². The van der Waals surface area contributed by atoms with E-state index < -0.39 is 18.8 Å². The van der Waals surface area contributed by atoms with Gasteiger partial charge in [-0.2, -0.15) is 0 Å². The van der Waals surface area contributed by atoms with Crippen molar-refractivity contribution in [2.45, 2.75) is 6.10 Å². The Balaban J connectivity index is 2.43. The zero-order valence-electron chi connectivity index (χ0n) is 12.8. The van der Waals surface area contributed by atoms with Crippen LogP contribution in [0.3, 0.4) is 0 Å². The van der Waals surface area contributed by atoms with Crippen LogP contribution >= 0.6 is 23.2 Å². The number of hydrogen-bond acceptors (Lipinski definition) is 6. The highest BCUT2D eigenvalue weighted by Gasteiger charge is 2.22. The largest absolute Gasteiger partial charge is 0.468 e. The Hall–Kier alpha value is -1.86. The standard InChI is InChI=1S/C16H16Cl2N2O4/c1-24-14(22)8-20(9-21)12-5-3-2-4-10(12)16(23)15-11(17)6-7-13(18)19-15/h2-7,16,21,23H,8-9H2,1H3. The molecule has 1 aromatic heterocycles. The van der Waals surface area contributed by atoms with Crippen molar-refractivity contribution in [3.8, 4) is 0 Å². The van der Waals surface area contributed by atoms with Gasteiger partial charge in [0.2, 0.25) is 0 Å². The van der Waals surface area contributed by atoms with Gasteiger partial charge >= 0.3 is 5.97 Å². The highest BCUT2D eigenvalue weighted by atomic mass is 35.5. The lowest BCUT2D eigenvalue weighted by molar-refractivity contribution is -0.139. The molecular formula is C16H16Cl2N2O4. The molecule has 1 unspecified atom stereocenters. The number of aliphatic hydroxyl groups excluding tert-OH is 2. The number of aromatic nitrogens is 1. The topological polar surface area (TPSA) is 82.9 Å². The van der Waals surface area contributed by atoms with Crippen molar-refractivity contribution in [3.05, 3.63) is 57.8 Å². The lowest BCUT2D eigenvalue weighted by Crippen LogP contribution is -2.32. The Bertz CT molecular complexity index is 727. The molecule has 0 aliphatic carbocycles. The zero-order chi connectivity index (χ0) is 17.7. The van der Waals surface area contributed by atoms with Crippen LogP contribution in [-0.2, 0) is 9.53 Å². The summed E-state index contributed by atoms with van der Waals surface area (Å²) in [6.45, 7) is -0.608. The first-order valence-corrected chi connectivity index (χ1v) is 7.75. The van der Waals surface area contributed by atoms with Gasteiger partial charge < -0.3 is 19.8 Å². The molecule has 24 heavy (non-hydrogen) atoms. The summed E-state index contributed by atoms with van der Waals surface area (Å²) >= 11 is 12.0. The molecule has 2 rings (SSSR count). The first-order chi connectivity index (χ1) is 11.5. The van der Waals surface area contributed by atoms with E-state index in [1.807, 2.05) is 0 Å². The number of halogens is 2. The highest BCUT2D eigenvalue weighted by molar-refractivity contribution is 6.32. The third-order valence-corrected chi connectivity index (χ3v) is 3.92. The van der Waals surface area contributed by atoms with Crippen LogP contribution in [-0.4, -0.2) is 41.6 Å². The Morgan fingerprint density at radius 2 is 2.00 bits per heavy atom. The molecule has 0 bridgehead atoms. The fourth-order valence-electron chi connectivity index (χ4n) is 2.21. The van der Waals surface area contributed by atoms with Crippen molar-refractivity contribution in [2.75, 3.05) is 25.3 Å². The molecule has 1 heterocycles. The van der Waals surface area contributed by atoms with Gasteiger partial charge in [-0.05, 0) is 18.2 Å². The van der Waals surface area contributed by atoms with Gasteiger partial charge in [0.15, 0.2) is 0 Å². The molecule has 0 aliphatic heterocycles. The first kappa shape index (κ1) is 18.5. The highest BCUT2D eigenvalue weighted by Crippen LogP contribution is 2.33. The summed E-state index contributed by atoms with van der Waals surface area (Å²) in [6.07, 6.45) is -1.18. The quantitative estimate of drug-likeness (QED) is 0.461. The summed E-state index contributed by atoms with van der Waals surface area (Å²) in [5.41, 5.74) is 1.07. The predicted octanol–water partition coefficient (Wildman–Crippen LogP) is 2.40. The van der Waals surface area contributed by atoms with E-state index in [9.17, 15) is 15.0 Å². The SMILES string of the molecule is COC(=O)CN(CO)c1ccccc1C(O)c1nc(Cl)ccc1Cl. The number of benzene rings is 1. The van der Waals surface area contributed by atoms with E-state index in [-0.39, 0.29) is 22.4 Å². The summed E-state index contributed by atoms with van der Waals surface area (Å²) < 4.78 is 4.62. The van der Waals surface area contributed by atoms with E-state index in [4.69, 9.17) is 23.2 Å². The van der Waals surface area contributed by atoms with E-state index >= 15 is 0 Å². The summed E-state index contributed by atoms with van der Waals surface area (Å²) in [6, 6.07) is 9.81. The number of rotatable bonds is 6. The maximum absolute atomic E-state index is 11.5. The lowest BCUT2D eigenvalue weighted by atomic mass is 10.0. The number of carbonyl (C=O) groups excluding carboxylic acids is 1. The molecule has 1 atom stereocenters. The lowest BCUT2D eigenvalue weighted by Gasteiger charge is -2.25. The molecule has 2 N–H and O–H groups in total. The molecule has 0 saturated heterocycles. The zero-order valence-corrected chi connectivity index (χ0v) is 14.3. The number of methoxy groups -OCH3 is 1. The molecule has 0 amide bonds. The van der Waals surface area contributed by atoms with E-state index in [1.165, 1.54) is 24.1 Å². The Morgan fingerprint density at radius 3 is 2.67 bits per heavy atom. The molecule has 0 fully saturated rings. The fourth-order valence-corrected chi connectivity index (χ4v) is 2.57. The number of aliphatic hydroxyl groups is 2. The predicted molar refractivity (Wildman–Crippen MR) is 91.2 cm³/mol. The first-order valence-electron chi connectivity index (χ1n) is 6.99. The minimum Gasteiger partial charge on any atom is -0.468 e. The van der Waals surface area contributed by atoms with Crippen LogP contribution in [0.2, 0.25) is 10.2 Å². The van der Waals surface area contributed by atoms with Crippen molar-refractivity contribution >= 4 is 34.9 Å². The van der Waals surface area contributed by atoms with Gasteiger partial charge in [0.05, 0.1) is 17.8 Å². The number of hydrogen-bond donors (Lipinski definition) is 2. The van der Waals surface area contributed by atoms with Crippen molar-refractivity contribution < 1.29 is 19.7 Å². The van der Waals surface area contributed by atoms with Gasteiger partial charge in [-0.25, -0.2) is 4.98 Å². The fraction of sp³-hybridized carbons (Fsp3) is 0.250. The number of ether oxygens (including phenoxy) is 1. The molecule has 128 valence electrons. The maximum atomic E-state index is 11.5. The van der Waals surface area contributed by atoms with Crippen LogP contribution in [0.5, 0.6) is 0 Å².